The summed E-state index contributed by atoms with van der Waals surface area (Å²) in [5, 5.41) is 12.2. The average molecular weight is 192 g/mol. The van der Waals surface area contributed by atoms with E-state index >= 15 is 0 Å². The van der Waals surface area contributed by atoms with E-state index in [0.717, 1.165) is 6.42 Å². The lowest BCUT2D eigenvalue weighted by molar-refractivity contribution is -0.135. The van der Waals surface area contributed by atoms with Crippen LogP contribution in [0.1, 0.15) is 6.42 Å². The Morgan fingerprint density at radius 2 is 2.56 bits per heavy atom. The quantitative estimate of drug-likeness (QED) is 0.610. The molecule has 0 aromatic heterocycles. The van der Waals surface area contributed by atoms with Crippen molar-refractivity contribution in [3.05, 3.63) is 6.04 Å². The normalized spacial score (nSPS) is 28.8. The van der Waals surface area contributed by atoms with Gasteiger partial charge in [0, 0.05) is 11.4 Å². The molecule has 0 aromatic rings. The highest BCUT2D eigenvalue weighted by atomic mass is 79.9. The van der Waals surface area contributed by atoms with Crippen molar-refractivity contribution in [3.63, 3.8) is 0 Å². The van der Waals surface area contributed by atoms with Gasteiger partial charge in [-0.2, -0.15) is 0 Å². The van der Waals surface area contributed by atoms with Gasteiger partial charge in [-0.05, 0) is 6.42 Å². The molecule has 0 aliphatic carbocycles. The van der Waals surface area contributed by atoms with Crippen LogP contribution in [-0.2, 0) is 4.79 Å². The summed E-state index contributed by atoms with van der Waals surface area (Å²) >= 11 is 3.19. The zero-order valence-corrected chi connectivity index (χ0v) is 6.26. The second-order valence-corrected chi connectivity index (χ2v) is 2.93. The largest absolute Gasteiger partial charge is 0.480 e. The van der Waals surface area contributed by atoms with Crippen LogP contribution in [0.15, 0.2) is 0 Å². The van der Waals surface area contributed by atoms with E-state index in [4.69, 9.17) is 5.11 Å². The van der Waals surface area contributed by atoms with Crippen molar-refractivity contribution in [2.24, 2.45) is 0 Å². The maximum Gasteiger partial charge on any atom is 0.329 e. The van der Waals surface area contributed by atoms with Gasteiger partial charge in [0.2, 0.25) is 0 Å². The van der Waals surface area contributed by atoms with Crippen LogP contribution in [-0.4, -0.2) is 22.4 Å². The molecule has 1 heterocycles. The molecule has 4 heteroatoms. The van der Waals surface area contributed by atoms with E-state index in [0.29, 0.717) is 6.54 Å². The lowest BCUT2D eigenvalue weighted by Gasteiger charge is -2.03. The van der Waals surface area contributed by atoms with Crippen LogP contribution < -0.4 is 5.32 Å². The lowest BCUT2D eigenvalue weighted by atomic mass is 10.2. The number of hydrogen-bond donors (Lipinski definition) is 1. The van der Waals surface area contributed by atoms with E-state index in [9.17, 15) is 4.79 Å². The minimum Gasteiger partial charge on any atom is -0.480 e. The number of halogens is 1. The zero-order valence-electron chi connectivity index (χ0n) is 4.67. The van der Waals surface area contributed by atoms with Crippen LogP contribution in [0, 0.1) is 6.04 Å². The first-order valence-electron chi connectivity index (χ1n) is 2.63. The van der Waals surface area contributed by atoms with Gasteiger partial charge < -0.3 is 5.11 Å². The van der Waals surface area contributed by atoms with Gasteiger partial charge in [-0.25, -0.2) is 5.32 Å². The van der Waals surface area contributed by atoms with Crippen LogP contribution >= 0.6 is 15.9 Å². The first-order valence-corrected chi connectivity index (χ1v) is 3.55. The molecule has 0 saturated carbocycles. The first kappa shape index (κ1) is 7.02. The number of nitrogens with zero attached hydrogens (tertiary/aromatic N) is 1. The molecule has 0 amide bonds. The van der Waals surface area contributed by atoms with Crippen LogP contribution in [0.3, 0.4) is 0 Å². The number of hydrogen-bond acceptors (Lipinski definition) is 1. The number of carbonyl (C=O) groups is 1. The summed E-state index contributed by atoms with van der Waals surface area (Å²) in [6.45, 7) is 0.636. The number of alkyl halides is 1. The smallest absolute Gasteiger partial charge is 0.329 e. The maximum atomic E-state index is 10.3. The van der Waals surface area contributed by atoms with Crippen LogP contribution in [0.4, 0.5) is 0 Å². The molecule has 1 rings (SSSR count). The van der Waals surface area contributed by atoms with E-state index in [1.807, 2.05) is 0 Å². The molecule has 1 N–H and O–H groups in total. The highest BCUT2D eigenvalue weighted by Gasteiger charge is 2.32. The topological polar surface area (TPSA) is 51.4 Å². The van der Waals surface area contributed by atoms with Gasteiger partial charge in [0.25, 0.3) is 0 Å². The molecular formula is C5H6BrNO2. The second-order valence-electron chi connectivity index (χ2n) is 1.83. The lowest BCUT2D eigenvalue weighted by Crippen LogP contribution is -2.21. The number of rotatable bonds is 1. The van der Waals surface area contributed by atoms with Crippen molar-refractivity contribution >= 4 is 21.9 Å². The summed E-state index contributed by atoms with van der Waals surface area (Å²) < 4.78 is 0. The van der Waals surface area contributed by atoms with Crippen molar-refractivity contribution in [1.82, 2.24) is 5.32 Å². The van der Waals surface area contributed by atoms with Crippen molar-refractivity contribution in [2.75, 3.05) is 6.54 Å². The van der Waals surface area contributed by atoms with Crippen molar-refractivity contribution in [2.45, 2.75) is 11.2 Å². The van der Waals surface area contributed by atoms with Gasteiger partial charge in [0.05, 0.1) is 0 Å². The molecule has 0 bridgehead atoms. The standard InChI is InChI=1S/C5H6BrNO2/c6-3-1-2-7-4(3)5(8)9/h3H,1-2H2,(H,8,9). The highest BCUT2D eigenvalue weighted by Crippen LogP contribution is 2.23. The molecule has 1 aliphatic rings. The van der Waals surface area contributed by atoms with Crippen LogP contribution in [0.2, 0.25) is 0 Å². The molecule has 1 unspecified atom stereocenters. The fourth-order valence-corrected chi connectivity index (χ4v) is 1.28. The van der Waals surface area contributed by atoms with E-state index in [2.05, 4.69) is 21.2 Å². The van der Waals surface area contributed by atoms with Crippen LogP contribution in [0.25, 0.3) is 0 Å². The Morgan fingerprint density at radius 3 is 2.78 bits per heavy atom. The fraction of sp³-hybridized carbons (Fsp3) is 0.600. The van der Waals surface area contributed by atoms with E-state index < -0.39 is 5.97 Å². The SMILES string of the molecule is O=C(O)[C]1[N]CCC1Br. The molecule has 0 aromatic carbocycles. The molecule has 9 heavy (non-hydrogen) atoms. The third kappa shape index (κ3) is 1.43. The Labute approximate surface area is 61.6 Å². The highest BCUT2D eigenvalue weighted by molar-refractivity contribution is 9.09. The molecule has 1 fully saturated rings. The summed E-state index contributed by atoms with van der Waals surface area (Å²) in [5.74, 6) is -0.908. The van der Waals surface area contributed by atoms with Gasteiger partial charge in [-0.3, -0.25) is 4.79 Å². The minimum absolute atomic E-state index is 0.0324. The van der Waals surface area contributed by atoms with Gasteiger partial charge in [0.1, 0.15) is 0 Å². The Balaban J connectivity index is 2.49. The molecule has 1 atom stereocenters. The maximum absolute atomic E-state index is 10.3. The van der Waals surface area contributed by atoms with Crippen LogP contribution in [0.5, 0.6) is 0 Å². The minimum atomic E-state index is -0.908. The van der Waals surface area contributed by atoms with E-state index in [1.165, 1.54) is 0 Å². The molecule has 0 spiro atoms. The number of carboxylic acids is 1. The molecule has 1 saturated heterocycles. The predicted octanol–water partition coefficient (Wildman–Crippen LogP) is 0.375. The van der Waals surface area contributed by atoms with Gasteiger partial charge in [-0.15, -0.1) is 0 Å². The number of carboxylic acid groups (broad SMARTS) is 1. The predicted molar refractivity (Wildman–Crippen MR) is 35.2 cm³/mol. The van der Waals surface area contributed by atoms with Crippen molar-refractivity contribution < 1.29 is 9.90 Å². The van der Waals surface area contributed by atoms with E-state index in [-0.39, 0.29) is 10.9 Å². The molecule has 50 valence electrons. The third-order valence-electron chi connectivity index (χ3n) is 1.18. The van der Waals surface area contributed by atoms with Crippen molar-refractivity contribution in [3.8, 4) is 0 Å². The Bertz CT molecular complexity index is 128. The zero-order chi connectivity index (χ0) is 6.85. The Kier molecular flexibility index (Phi) is 2.08. The van der Waals surface area contributed by atoms with E-state index in [1.54, 1.807) is 0 Å². The van der Waals surface area contributed by atoms with Crippen molar-refractivity contribution in [1.29, 1.82) is 0 Å². The van der Waals surface area contributed by atoms with Gasteiger partial charge in [0.15, 0.2) is 6.04 Å². The van der Waals surface area contributed by atoms with Gasteiger partial charge >= 0.3 is 5.97 Å². The third-order valence-corrected chi connectivity index (χ3v) is 2.07. The fourth-order valence-electron chi connectivity index (χ4n) is 0.736. The summed E-state index contributed by atoms with van der Waals surface area (Å²) in [6.07, 6.45) is 0.807. The first-order chi connectivity index (χ1) is 4.22. The molecule has 3 nitrogen and oxygen atoms in total. The summed E-state index contributed by atoms with van der Waals surface area (Å²) in [4.78, 5) is 10.2. The molecular weight excluding hydrogens is 186 g/mol. The Morgan fingerprint density at radius 1 is 1.89 bits per heavy atom. The van der Waals surface area contributed by atoms with Gasteiger partial charge in [-0.1, -0.05) is 15.9 Å². The summed E-state index contributed by atoms with van der Waals surface area (Å²) in [6, 6.07) is 0.259. The number of aliphatic carboxylic acids is 1. The molecule has 1 aliphatic heterocycles. The summed E-state index contributed by atoms with van der Waals surface area (Å²) in [5.41, 5.74) is 0. The summed E-state index contributed by atoms with van der Waals surface area (Å²) in [7, 11) is 0. The Hall–Kier alpha value is -0.0900. The average Bonchev–Trinajstić information content (AvgIpc) is 2.13. The molecule has 2 radical (unpaired) electrons. The second kappa shape index (κ2) is 2.66. The monoisotopic (exact) mass is 191 g/mol.